The highest BCUT2D eigenvalue weighted by atomic mass is 16.3. The standard InChI is InChI=1S/C54H31N5O/c55-32-35-28-50(36(33-56)27-49(35)58-46-21-11-9-20-42(46)54-40-18-8-7-13-34(40)23-25-48(54)58)59-47-26-24-39(57(37-14-3-1-4-15-37)38-16-5-2-6-17-38)29-43(47)44-30-45-41-19-10-12-22-52(41)60-53(45)31-51(44)59/h1-31H. The lowest BCUT2D eigenvalue weighted by Crippen LogP contribution is -2.09. The number of hydrogen-bond donors (Lipinski definition) is 0. The largest absolute Gasteiger partial charge is 0.456 e. The van der Waals surface area contributed by atoms with Gasteiger partial charge in [-0.1, -0.05) is 103 Å². The van der Waals surface area contributed by atoms with Crippen molar-refractivity contribution in [1.29, 1.82) is 10.5 Å². The SMILES string of the molecule is N#Cc1cc(-n2c3ccccc3c3c4ccccc4ccc32)c(C#N)cc1-n1c2ccc(N(c3ccccc3)c3ccccc3)cc2c2cc3c(cc21)oc1ccccc13. The minimum Gasteiger partial charge on any atom is -0.456 e. The van der Waals surface area contributed by atoms with Crippen LogP contribution in [0, 0.1) is 22.7 Å². The van der Waals surface area contributed by atoms with Gasteiger partial charge in [-0.25, -0.2) is 0 Å². The Balaban J connectivity index is 1.15. The fourth-order valence-corrected chi connectivity index (χ4v) is 9.35. The maximum absolute atomic E-state index is 11.1. The molecule has 12 rings (SSSR count). The number of anilines is 3. The van der Waals surface area contributed by atoms with E-state index in [0.717, 1.165) is 93.4 Å². The number of nitriles is 2. The molecule has 0 bridgehead atoms. The van der Waals surface area contributed by atoms with E-state index in [1.807, 2.05) is 48.5 Å². The van der Waals surface area contributed by atoms with Gasteiger partial charge in [0.15, 0.2) is 0 Å². The zero-order chi connectivity index (χ0) is 39.9. The third-order valence-corrected chi connectivity index (χ3v) is 11.9. The Morgan fingerprint density at radius 2 is 0.950 bits per heavy atom. The van der Waals surface area contributed by atoms with Gasteiger partial charge in [-0.05, 0) is 89.6 Å². The smallest absolute Gasteiger partial charge is 0.137 e. The molecule has 0 fully saturated rings. The van der Waals surface area contributed by atoms with Crippen LogP contribution in [0.3, 0.4) is 0 Å². The quantitative estimate of drug-likeness (QED) is 0.175. The van der Waals surface area contributed by atoms with Crippen LogP contribution in [0.1, 0.15) is 11.1 Å². The van der Waals surface area contributed by atoms with E-state index >= 15 is 0 Å². The third kappa shape index (κ3) is 4.86. The molecule has 60 heavy (non-hydrogen) atoms. The molecule has 0 saturated carbocycles. The van der Waals surface area contributed by atoms with Gasteiger partial charge in [0.25, 0.3) is 0 Å². The highest BCUT2D eigenvalue weighted by Gasteiger charge is 2.24. The van der Waals surface area contributed by atoms with E-state index in [1.54, 1.807) is 0 Å². The molecule has 0 radical (unpaired) electrons. The van der Waals surface area contributed by atoms with Gasteiger partial charge in [0.2, 0.25) is 0 Å². The molecule has 0 aliphatic heterocycles. The first-order valence-electron chi connectivity index (χ1n) is 19.9. The van der Waals surface area contributed by atoms with Crippen molar-refractivity contribution < 1.29 is 4.42 Å². The lowest BCUT2D eigenvalue weighted by Gasteiger charge is -2.25. The molecule has 0 atom stereocenters. The molecule has 6 nitrogen and oxygen atoms in total. The van der Waals surface area contributed by atoms with Crippen LogP contribution < -0.4 is 4.90 Å². The van der Waals surface area contributed by atoms with Gasteiger partial charge in [0.05, 0.1) is 44.6 Å². The number of para-hydroxylation sites is 4. The fraction of sp³-hybridized carbons (Fsp3) is 0. The lowest BCUT2D eigenvalue weighted by molar-refractivity contribution is 0.669. The van der Waals surface area contributed by atoms with E-state index < -0.39 is 0 Å². The highest BCUT2D eigenvalue weighted by molar-refractivity contribution is 6.22. The van der Waals surface area contributed by atoms with Crippen LogP contribution in [0.25, 0.3) is 87.7 Å². The van der Waals surface area contributed by atoms with Crippen molar-refractivity contribution >= 4 is 93.4 Å². The first-order chi connectivity index (χ1) is 29.7. The summed E-state index contributed by atoms with van der Waals surface area (Å²) >= 11 is 0. The lowest BCUT2D eigenvalue weighted by atomic mass is 10.0. The summed E-state index contributed by atoms with van der Waals surface area (Å²) in [7, 11) is 0. The second-order valence-corrected chi connectivity index (χ2v) is 15.2. The van der Waals surface area contributed by atoms with Gasteiger partial charge in [0, 0.05) is 55.4 Å². The molecule has 0 aliphatic carbocycles. The van der Waals surface area contributed by atoms with Gasteiger partial charge < -0.3 is 18.5 Å². The van der Waals surface area contributed by atoms with Crippen LogP contribution >= 0.6 is 0 Å². The summed E-state index contributed by atoms with van der Waals surface area (Å²) in [6, 6.07) is 69.4. The van der Waals surface area contributed by atoms with Crippen LogP contribution in [0.2, 0.25) is 0 Å². The molecule has 0 spiro atoms. The molecule has 12 aromatic rings. The Bertz CT molecular complexity index is 3760. The number of fused-ring (bicyclic) bond motifs is 11. The Morgan fingerprint density at radius 3 is 1.67 bits per heavy atom. The monoisotopic (exact) mass is 765 g/mol. The Hall–Kier alpha value is -8.58. The van der Waals surface area contributed by atoms with E-state index in [0.29, 0.717) is 22.5 Å². The van der Waals surface area contributed by atoms with Crippen LogP contribution in [0.4, 0.5) is 17.1 Å². The van der Waals surface area contributed by atoms with Gasteiger partial charge in [-0.3, -0.25) is 0 Å². The van der Waals surface area contributed by atoms with Crippen LogP contribution in [0.5, 0.6) is 0 Å². The van der Waals surface area contributed by atoms with Gasteiger partial charge in [-0.15, -0.1) is 0 Å². The number of furan rings is 1. The number of benzene rings is 9. The van der Waals surface area contributed by atoms with Crippen molar-refractivity contribution in [1.82, 2.24) is 9.13 Å². The van der Waals surface area contributed by atoms with E-state index in [-0.39, 0.29) is 0 Å². The Kier molecular flexibility index (Phi) is 7.26. The van der Waals surface area contributed by atoms with Crippen molar-refractivity contribution in [3.05, 3.63) is 199 Å². The summed E-state index contributed by atoms with van der Waals surface area (Å²) in [5.74, 6) is 0. The highest BCUT2D eigenvalue weighted by Crippen LogP contribution is 2.44. The first kappa shape index (κ1) is 33.5. The molecular formula is C54H31N5O. The molecule has 3 heterocycles. The Morgan fingerprint density at radius 1 is 0.383 bits per heavy atom. The summed E-state index contributed by atoms with van der Waals surface area (Å²) in [5, 5.41) is 30.6. The number of nitrogens with zero attached hydrogens (tertiary/aromatic N) is 5. The van der Waals surface area contributed by atoms with Crippen molar-refractivity contribution in [2.24, 2.45) is 0 Å². The fourth-order valence-electron chi connectivity index (χ4n) is 9.35. The number of aromatic nitrogens is 2. The van der Waals surface area contributed by atoms with Crippen molar-refractivity contribution in [2.45, 2.75) is 0 Å². The molecule has 278 valence electrons. The predicted molar refractivity (Wildman–Crippen MR) is 244 cm³/mol. The van der Waals surface area contributed by atoms with Gasteiger partial charge in [0.1, 0.15) is 23.3 Å². The molecular weight excluding hydrogens is 735 g/mol. The molecule has 3 aromatic heterocycles. The number of rotatable bonds is 5. The van der Waals surface area contributed by atoms with E-state index in [2.05, 4.69) is 166 Å². The molecule has 0 N–H and O–H groups in total. The minimum atomic E-state index is 0.443. The van der Waals surface area contributed by atoms with E-state index in [4.69, 9.17) is 4.42 Å². The number of hydrogen-bond acceptors (Lipinski definition) is 4. The topological polar surface area (TPSA) is 73.8 Å². The average molecular weight is 766 g/mol. The molecule has 0 unspecified atom stereocenters. The van der Waals surface area contributed by atoms with E-state index in [9.17, 15) is 10.5 Å². The molecule has 9 aromatic carbocycles. The average Bonchev–Trinajstić information content (AvgIpc) is 3.95. The summed E-state index contributed by atoms with van der Waals surface area (Å²) in [5.41, 5.74) is 10.5. The van der Waals surface area contributed by atoms with Crippen LogP contribution in [-0.4, -0.2) is 9.13 Å². The normalized spacial score (nSPS) is 11.6. The predicted octanol–water partition coefficient (Wildman–Crippen LogP) is 14.1. The third-order valence-electron chi connectivity index (χ3n) is 11.9. The maximum Gasteiger partial charge on any atom is 0.137 e. The van der Waals surface area contributed by atoms with E-state index in [1.165, 1.54) is 0 Å². The second-order valence-electron chi connectivity index (χ2n) is 15.2. The Labute approximate surface area is 343 Å². The van der Waals surface area contributed by atoms with Crippen molar-refractivity contribution in [3.63, 3.8) is 0 Å². The first-order valence-corrected chi connectivity index (χ1v) is 19.9. The van der Waals surface area contributed by atoms with Crippen LogP contribution in [-0.2, 0) is 0 Å². The molecule has 0 amide bonds. The van der Waals surface area contributed by atoms with Crippen molar-refractivity contribution in [3.8, 4) is 23.5 Å². The maximum atomic E-state index is 11.1. The summed E-state index contributed by atoms with van der Waals surface area (Å²) in [4.78, 5) is 2.26. The zero-order valence-corrected chi connectivity index (χ0v) is 32.0. The van der Waals surface area contributed by atoms with Gasteiger partial charge >= 0.3 is 0 Å². The summed E-state index contributed by atoms with van der Waals surface area (Å²) in [6.45, 7) is 0. The summed E-state index contributed by atoms with van der Waals surface area (Å²) in [6.07, 6.45) is 0. The molecule has 6 heteroatoms. The second kappa shape index (κ2) is 13.0. The zero-order valence-electron chi connectivity index (χ0n) is 32.0. The van der Waals surface area contributed by atoms with Gasteiger partial charge in [-0.2, -0.15) is 10.5 Å². The molecule has 0 saturated heterocycles. The van der Waals surface area contributed by atoms with Crippen molar-refractivity contribution in [2.75, 3.05) is 4.90 Å². The minimum absolute atomic E-state index is 0.443. The summed E-state index contributed by atoms with van der Waals surface area (Å²) < 4.78 is 10.7. The van der Waals surface area contributed by atoms with Crippen LogP contribution in [0.15, 0.2) is 192 Å². The molecule has 0 aliphatic rings.